The van der Waals surface area contributed by atoms with E-state index >= 15 is 0 Å². The van der Waals surface area contributed by atoms with Crippen LogP contribution in [0.15, 0.2) is 22.7 Å². The van der Waals surface area contributed by atoms with Crippen LogP contribution in [0.5, 0.6) is 0 Å². The smallest absolute Gasteiger partial charge is 0.0587 e. The van der Waals surface area contributed by atoms with Crippen LogP contribution in [0.4, 0.5) is 11.4 Å². The monoisotopic (exact) mass is 282 g/mol. The zero-order valence-electron chi connectivity index (χ0n) is 9.67. The fourth-order valence-electron chi connectivity index (χ4n) is 2.38. The molecule has 0 radical (unpaired) electrons. The summed E-state index contributed by atoms with van der Waals surface area (Å²) in [4.78, 5) is 0. The van der Waals surface area contributed by atoms with E-state index in [1.807, 2.05) is 12.1 Å². The first-order valence-electron chi connectivity index (χ1n) is 5.98. The third-order valence-corrected chi connectivity index (χ3v) is 3.96. The highest BCUT2D eigenvalue weighted by atomic mass is 79.9. The first-order chi connectivity index (χ1) is 7.66. The quantitative estimate of drug-likeness (QED) is 0.804. The Kier molecular flexibility index (Phi) is 3.74. The van der Waals surface area contributed by atoms with Crippen LogP contribution in [0.25, 0.3) is 0 Å². The normalized spacial score (nSPS) is 25.4. The van der Waals surface area contributed by atoms with Crippen molar-refractivity contribution in [2.75, 3.05) is 11.1 Å². The van der Waals surface area contributed by atoms with E-state index in [0.717, 1.165) is 21.8 Å². The van der Waals surface area contributed by atoms with Gasteiger partial charge in [0.1, 0.15) is 0 Å². The standard InChI is InChI=1S/C13H19BrN2/c1-9-4-2-3-5-12(9)16-13-8-10(14)6-7-11(13)15/h6-9,12,16H,2-5,15H2,1H3. The molecule has 0 bridgehead atoms. The molecule has 1 aliphatic carbocycles. The number of hydrogen-bond acceptors (Lipinski definition) is 2. The summed E-state index contributed by atoms with van der Waals surface area (Å²) in [5, 5.41) is 3.58. The summed E-state index contributed by atoms with van der Waals surface area (Å²) in [6.07, 6.45) is 5.28. The van der Waals surface area contributed by atoms with Gasteiger partial charge in [-0.1, -0.05) is 35.7 Å². The SMILES string of the molecule is CC1CCCCC1Nc1cc(Br)ccc1N. The molecule has 3 heteroatoms. The van der Waals surface area contributed by atoms with E-state index in [2.05, 4.69) is 34.2 Å². The average molecular weight is 283 g/mol. The molecule has 1 saturated carbocycles. The van der Waals surface area contributed by atoms with Gasteiger partial charge in [-0.3, -0.25) is 0 Å². The van der Waals surface area contributed by atoms with E-state index < -0.39 is 0 Å². The molecular weight excluding hydrogens is 264 g/mol. The van der Waals surface area contributed by atoms with Gasteiger partial charge in [0.2, 0.25) is 0 Å². The number of nitrogen functional groups attached to an aromatic ring is 1. The molecule has 0 aromatic heterocycles. The molecule has 0 aliphatic heterocycles. The summed E-state index contributed by atoms with van der Waals surface area (Å²) >= 11 is 3.48. The number of rotatable bonds is 2. The van der Waals surface area contributed by atoms with Gasteiger partial charge in [0, 0.05) is 10.5 Å². The second-order valence-corrected chi connectivity index (χ2v) is 5.66. The molecule has 2 nitrogen and oxygen atoms in total. The molecule has 1 aliphatic rings. The highest BCUT2D eigenvalue weighted by Gasteiger charge is 2.21. The lowest BCUT2D eigenvalue weighted by atomic mass is 9.86. The molecule has 0 amide bonds. The van der Waals surface area contributed by atoms with Crippen LogP contribution < -0.4 is 11.1 Å². The van der Waals surface area contributed by atoms with E-state index in [1.165, 1.54) is 25.7 Å². The van der Waals surface area contributed by atoms with Gasteiger partial charge in [-0.2, -0.15) is 0 Å². The highest BCUT2D eigenvalue weighted by molar-refractivity contribution is 9.10. The van der Waals surface area contributed by atoms with Gasteiger partial charge >= 0.3 is 0 Å². The number of benzene rings is 1. The predicted molar refractivity (Wildman–Crippen MR) is 73.6 cm³/mol. The van der Waals surface area contributed by atoms with Crippen molar-refractivity contribution in [2.45, 2.75) is 38.6 Å². The topological polar surface area (TPSA) is 38.0 Å². The molecule has 3 N–H and O–H groups in total. The minimum atomic E-state index is 0.574. The summed E-state index contributed by atoms with van der Waals surface area (Å²) in [7, 11) is 0. The minimum Gasteiger partial charge on any atom is -0.397 e. The van der Waals surface area contributed by atoms with E-state index in [0.29, 0.717) is 6.04 Å². The summed E-state index contributed by atoms with van der Waals surface area (Å²) in [5.41, 5.74) is 7.87. The lowest BCUT2D eigenvalue weighted by Crippen LogP contribution is -2.30. The van der Waals surface area contributed by atoms with Gasteiger partial charge in [-0.25, -0.2) is 0 Å². The Morgan fingerprint density at radius 1 is 1.31 bits per heavy atom. The van der Waals surface area contributed by atoms with Crippen molar-refractivity contribution in [2.24, 2.45) is 5.92 Å². The summed E-state index contributed by atoms with van der Waals surface area (Å²) in [6, 6.07) is 6.56. The number of hydrogen-bond donors (Lipinski definition) is 2. The Morgan fingerprint density at radius 2 is 2.06 bits per heavy atom. The van der Waals surface area contributed by atoms with Gasteiger partial charge in [0.05, 0.1) is 11.4 Å². The second kappa shape index (κ2) is 5.09. The number of halogens is 1. The fourth-order valence-corrected chi connectivity index (χ4v) is 2.75. The Labute approximate surface area is 106 Å². The Bertz CT molecular complexity index is 365. The molecule has 2 rings (SSSR count). The first kappa shape index (κ1) is 11.8. The summed E-state index contributed by atoms with van der Waals surface area (Å²) in [5.74, 6) is 0.743. The van der Waals surface area contributed by atoms with Crippen molar-refractivity contribution in [1.82, 2.24) is 0 Å². The van der Waals surface area contributed by atoms with Gasteiger partial charge in [-0.05, 0) is 37.0 Å². The average Bonchev–Trinajstić information content (AvgIpc) is 2.27. The maximum absolute atomic E-state index is 5.97. The molecule has 16 heavy (non-hydrogen) atoms. The van der Waals surface area contributed by atoms with Crippen LogP contribution in [0.3, 0.4) is 0 Å². The van der Waals surface area contributed by atoms with Crippen LogP contribution in [0.2, 0.25) is 0 Å². The first-order valence-corrected chi connectivity index (χ1v) is 6.77. The zero-order valence-corrected chi connectivity index (χ0v) is 11.3. The van der Waals surface area contributed by atoms with Gasteiger partial charge in [0.15, 0.2) is 0 Å². The van der Waals surface area contributed by atoms with Crippen molar-refractivity contribution in [3.63, 3.8) is 0 Å². The summed E-state index contributed by atoms with van der Waals surface area (Å²) < 4.78 is 1.08. The predicted octanol–water partition coefficient (Wildman–Crippen LogP) is 4.02. The van der Waals surface area contributed by atoms with Crippen molar-refractivity contribution in [3.8, 4) is 0 Å². The van der Waals surface area contributed by atoms with Crippen LogP contribution in [-0.4, -0.2) is 6.04 Å². The van der Waals surface area contributed by atoms with E-state index in [4.69, 9.17) is 5.73 Å². The van der Waals surface area contributed by atoms with Crippen LogP contribution in [0.1, 0.15) is 32.6 Å². The van der Waals surface area contributed by atoms with Gasteiger partial charge in [0.25, 0.3) is 0 Å². The van der Waals surface area contributed by atoms with Crippen LogP contribution in [-0.2, 0) is 0 Å². The zero-order chi connectivity index (χ0) is 11.5. The molecule has 88 valence electrons. The van der Waals surface area contributed by atoms with E-state index in [-0.39, 0.29) is 0 Å². The van der Waals surface area contributed by atoms with Gasteiger partial charge < -0.3 is 11.1 Å². The number of anilines is 2. The molecule has 0 spiro atoms. The molecule has 1 aromatic carbocycles. The fraction of sp³-hybridized carbons (Fsp3) is 0.538. The molecule has 0 heterocycles. The molecular formula is C13H19BrN2. The highest BCUT2D eigenvalue weighted by Crippen LogP contribution is 2.30. The van der Waals surface area contributed by atoms with Crippen molar-refractivity contribution in [3.05, 3.63) is 22.7 Å². The minimum absolute atomic E-state index is 0.574. The van der Waals surface area contributed by atoms with Crippen LogP contribution in [0, 0.1) is 5.92 Å². The van der Waals surface area contributed by atoms with Crippen LogP contribution >= 0.6 is 15.9 Å². The Balaban J connectivity index is 2.10. The lowest BCUT2D eigenvalue weighted by molar-refractivity contribution is 0.349. The third kappa shape index (κ3) is 2.70. The van der Waals surface area contributed by atoms with Crippen molar-refractivity contribution < 1.29 is 0 Å². The Morgan fingerprint density at radius 3 is 2.81 bits per heavy atom. The molecule has 0 saturated heterocycles. The maximum atomic E-state index is 5.97. The van der Waals surface area contributed by atoms with E-state index in [9.17, 15) is 0 Å². The number of nitrogens with one attached hydrogen (secondary N) is 1. The Hall–Kier alpha value is -0.700. The largest absolute Gasteiger partial charge is 0.397 e. The molecule has 2 unspecified atom stereocenters. The molecule has 1 aromatic rings. The molecule has 2 atom stereocenters. The number of nitrogens with two attached hydrogens (primary N) is 1. The second-order valence-electron chi connectivity index (χ2n) is 4.74. The van der Waals surface area contributed by atoms with Gasteiger partial charge in [-0.15, -0.1) is 0 Å². The third-order valence-electron chi connectivity index (χ3n) is 3.47. The molecule has 1 fully saturated rings. The van der Waals surface area contributed by atoms with Crippen molar-refractivity contribution >= 4 is 27.3 Å². The van der Waals surface area contributed by atoms with E-state index in [1.54, 1.807) is 0 Å². The lowest BCUT2D eigenvalue weighted by Gasteiger charge is -2.30. The maximum Gasteiger partial charge on any atom is 0.0587 e. The van der Waals surface area contributed by atoms with Crippen molar-refractivity contribution in [1.29, 1.82) is 0 Å². The summed E-state index contributed by atoms with van der Waals surface area (Å²) in [6.45, 7) is 2.32.